The summed E-state index contributed by atoms with van der Waals surface area (Å²) in [5.74, 6) is -0.371. The molecule has 0 atom stereocenters. The van der Waals surface area contributed by atoms with Crippen LogP contribution in [0.4, 0.5) is 24.5 Å². The highest BCUT2D eigenvalue weighted by molar-refractivity contribution is 7.92. The zero-order chi connectivity index (χ0) is 28.2. The molecule has 0 radical (unpaired) electrons. The maximum atomic E-state index is 13.2. The normalized spacial score (nSPS) is 11.7. The topological polar surface area (TPSA) is 79.4 Å². The van der Waals surface area contributed by atoms with Gasteiger partial charge in [-0.3, -0.25) is 14.1 Å². The van der Waals surface area contributed by atoms with Gasteiger partial charge in [-0.1, -0.05) is 35.9 Å². The van der Waals surface area contributed by atoms with Crippen LogP contribution in [0.3, 0.4) is 0 Å². The van der Waals surface area contributed by atoms with E-state index >= 15 is 0 Å². The number of nitrogens with one attached hydrogen (secondary N) is 1. The summed E-state index contributed by atoms with van der Waals surface area (Å²) in [5, 5.41) is 2.67. The largest absolute Gasteiger partial charge is 0.416 e. The molecule has 0 fully saturated rings. The van der Waals surface area contributed by atoms with Gasteiger partial charge in [0.25, 0.3) is 5.91 Å². The van der Waals surface area contributed by atoms with E-state index in [0.717, 1.165) is 40.2 Å². The number of carbonyl (C=O) groups excluding carboxylic acids is 1. The molecule has 1 aromatic heterocycles. The van der Waals surface area contributed by atoms with E-state index in [9.17, 15) is 26.4 Å². The number of sulfonamides is 1. The van der Waals surface area contributed by atoms with Gasteiger partial charge in [-0.2, -0.15) is 13.2 Å². The Morgan fingerprint density at radius 3 is 2.08 bits per heavy atom. The summed E-state index contributed by atoms with van der Waals surface area (Å²) in [6.45, 7) is -0.277. The van der Waals surface area contributed by atoms with Gasteiger partial charge in [-0.15, -0.1) is 0 Å². The Hall–Kier alpha value is -3.89. The number of benzene rings is 3. The second kappa shape index (κ2) is 11.5. The number of nitrogens with zero attached hydrogens (tertiary/aromatic N) is 2. The zero-order valence-electron chi connectivity index (χ0n) is 20.6. The third-order valence-electron chi connectivity index (χ3n) is 5.85. The molecule has 39 heavy (non-hydrogen) atoms. The quantitative estimate of drug-likeness (QED) is 0.259. The van der Waals surface area contributed by atoms with Crippen LogP contribution in [0.1, 0.15) is 32.6 Å². The summed E-state index contributed by atoms with van der Waals surface area (Å²) in [7, 11) is -3.99. The van der Waals surface area contributed by atoms with Crippen molar-refractivity contribution in [3.8, 4) is 0 Å². The predicted octanol–water partition coefficient (Wildman–Crippen LogP) is 6.56. The number of alkyl halides is 3. The number of amides is 1. The Morgan fingerprint density at radius 1 is 0.897 bits per heavy atom. The number of aromatic nitrogens is 1. The minimum Gasteiger partial charge on any atom is -0.322 e. The van der Waals surface area contributed by atoms with Gasteiger partial charge in [0.05, 0.1) is 29.1 Å². The summed E-state index contributed by atoms with van der Waals surface area (Å²) in [4.78, 5) is 16.7. The first-order valence-electron chi connectivity index (χ1n) is 11.6. The number of halogens is 4. The Labute approximate surface area is 229 Å². The lowest BCUT2D eigenvalue weighted by Gasteiger charge is -2.24. The standard InChI is InChI=1S/C28H23ClF3N3O3S/c1-39(37,38)35(26-17-23(28(30,31)32)8-11-25(26)29)18-21-2-6-22(7-3-21)27(36)34-24-9-4-19(5-10-24)16-20-12-14-33-15-13-20/h2-15,17H,16,18H2,1H3,(H,34,36). The van der Waals surface area contributed by atoms with E-state index in [2.05, 4.69) is 10.3 Å². The van der Waals surface area contributed by atoms with Crippen molar-refractivity contribution in [2.75, 3.05) is 15.9 Å². The Kier molecular flexibility index (Phi) is 8.27. The van der Waals surface area contributed by atoms with Crippen LogP contribution in [-0.2, 0) is 29.2 Å². The molecule has 0 bridgehead atoms. The second-order valence-corrected chi connectivity index (χ2v) is 11.1. The van der Waals surface area contributed by atoms with Gasteiger partial charge in [0.2, 0.25) is 10.0 Å². The molecule has 0 aliphatic rings. The summed E-state index contributed by atoms with van der Waals surface area (Å²) in [5.41, 5.74) is 2.25. The first-order valence-corrected chi connectivity index (χ1v) is 13.9. The van der Waals surface area contributed by atoms with E-state index in [0.29, 0.717) is 22.9 Å². The fourth-order valence-corrected chi connectivity index (χ4v) is 5.00. The van der Waals surface area contributed by atoms with Crippen LogP contribution in [-0.4, -0.2) is 25.6 Å². The van der Waals surface area contributed by atoms with Gasteiger partial charge in [0, 0.05) is 23.6 Å². The van der Waals surface area contributed by atoms with Crippen LogP contribution in [0.25, 0.3) is 0 Å². The maximum Gasteiger partial charge on any atom is 0.416 e. The molecule has 3 aromatic carbocycles. The lowest BCUT2D eigenvalue weighted by atomic mass is 10.1. The van der Waals surface area contributed by atoms with E-state index in [1.807, 2.05) is 24.3 Å². The van der Waals surface area contributed by atoms with E-state index < -0.39 is 21.8 Å². The van der Waals surface area contributed by atoms with E-state index in [1.165, 1.54) is 24.3 Å². The summed E-state index contributed by atoms with van der Waals surface area (Å²) in [6, 6.07) is 19.9. The van der Waals surface area contributed by atoms with Crippen molar-refractivity contribution < 1.29 is 26.4 Å². The molecule has 0 saturated carbocycles. The fraction of sp³-hybridized carbons (Fsp3) is 0.143. The molecular weight excluding hydrogens is 551 g/mol. The molecule has 0 spiro atoms. The van der Waals surface area contributed by atoms with Crippen molar-refractivity contribution in [2.45, 2.75) is 19.1 Å². The minimum absolute atomic E-state index is 0.142. The number of hydrogen-bond acceptors (Lipinski definition) is 4. The molecule has 0 aliphatic carbocycles. The molecule has 202 valence electrons. The van der Waals surface area contributed by atoms with Crippen LogP contribution in [0.5, 0.6) is 0 Å². The lowest BCUT2D eigenvalue weighted by molar-refractivity contribution is -0.137. The number of hydrogen-bond donors (Lipinski definition) is 1. The van der Waals surface area contributed by atoms with E-state index in [1.54, 1.807) is 24.5 Å². The van der Waals surface area contributed by atoms with Crippen molar-refractivity contribution in [1.29, 1.82) is 0 Å². The molecular formula is C28H23ClF3N3O3S. The van der Waals surface area contributed by atoms with E-state index in [-0.39, 0.29) is 23.2 Å². The number of anilines is 2. The smallest absolute Gasteiger partial charge is 0.322 e. The first-order chi connectivity index (χ1) is 18.4. The highest BCUT2D eigenvalue weighted by Gasteiger charge is 2.32. The zero-order valence-corrected chi connectivity index (χ0v) is 22.2. The maximum absolute atomic E-state index is 13.2. The average molecular weight is 574 g/mol. The monoisotopic (exact) mass is 573 g/mol. The van der Waals surface area contributed by atoms with Crippen molar-refractivity contribution in [2.24, 2.45) is 0 Å². The first kappa shape index (κ1) is 28.1. The molecule has 0 saturated heterocycles. The van der Waals surface area contributed by atoms with Crippen LogP contribution in [0.15, 0.2) is 91.3 Å². The van der Waals surface area contributed by atoms with Crippen molar-refractivity contribution >= 4 is 38.9 Å². The molecule has 1 N–H and O–H groups in total. The van der Waals surface area contributed by atoms with Crippen LogP contribution >= 0.6 is 11.6 Å². The lowest BCUT2D eigenvalue weighted by Crippen LogP contribution is -2.30. The van der Waals surface area contributed by atoms with Gasteiger partial charge in [-0.25, -0.2) is 8.42 Å². The molecule has 0 aliphatic heterocycles. The highest BCUT2D eigenvalue weighted by Crippen LogP contribution is 2.36. The molecule has 1 heterocycles. The second-order valence-electron chi connectivity index (χ2n) is 8.81. The van der Waals surface area contributed by atoms with Crippen molar-refractivity contribution in [3.05, 3.63) is 124 Å². The summed E-state index contributed by atoms with van der Waals surface area (Å²) < 4.78 is 65.4. The van der Waals surface area contributed by atoms with Crippen LogP contribution in [0.2, 0.25) is 5.02 Å². The Balaban J connectivity index is 1.46. The molecule has 4 aromatic rings. The summed E-state index contributed by atoms with van der Waals surface area (Å²) in [6.07, 6.45) is 0.405. The van der Waals surface area contributed by atoms with E-state index in [4.69, 9.17) is 11.6 Å². The molecule has 4 rings (SSSR count). The van der Waals surface area contributed by atoms with Crippen LogP contribution in [0, 0.1) is 0 Å². The fourth-order valence-electron chi connectivity index (χ4n) is 3.83. The Bertz CT molecular complexity index is 1560. The van der Waals surface area contributed by atoms with Crippen molar-refractivity contribution in [1.82, 2.24) is 4.98 Å². The third-order valence-corrected chi connectivity index (χ3v) is 7.30. The number of carbonyl (C=O) groups is 1. The molecule has 1 amide bonds. The number of pyridine rings is 1. The van der Waals surface area contributed by atoms with Crippen LogP contribution < -0.4 is 9.62 Å². The molecule has 0 unspecified atom stereocenters. The van der Waals surface area contributed by atoms with Crippen molar-refractivity contribution in [3.63, 3.8) is 0 Å². The molecule has 6 nitrogen and oxygen atoms in total. The molecule has 11 heteroatoms. The van der Waals surface area contributed by atoms with Gasteiger partial charge in [0.1, 0.15) is 0 Å². The van der Waals surface area contributed by atoms with Gasteiger partial charge >= 0.3 is 6.18 Å². The van der Waals surface area contributed by atoms with Gasteiger partial charge in [-0.05, 0) is 77.7 Å². The van der Waals surface area contributed by atoms with Gasteiger partial charge in [0.15, 0.2) is 0 Å². The Morgan fingerprint density at radius 2 is 1.49 bits per heavy atom. The predicted molar refractivity (Wildman–Crippen MR) is 145 cm³/mol. The SMILES string of the molecule is CS(=O)(=O)N(Cc1ccc(C(=O)Nc2ccc(Cc3ccncc3)cc2)cc1)c1cc(C(F)(F)F)ccc1Cl. The highest BCUT2D eigenvalue weighted by atomic mass is 35.5. The number of rotatable bonds is 8. The third kappa shape index (κ3) is 7.36. The minimum atomic E-state index is -4.67. The average Bonchev–Trinajstić information content (AvgIpc) is 2.88. The van der Waals surface area contributed by atoms with Gasteiger partial charge < -0.3 is 5.32 Å². The summed E-state index contributed by atoms with van der Waals surface area (Å²) >= 11 is 6.08.